The van der Waals surface area contributed by atoms with E-state index in [0.29, 0.717) is 29.7 Å². The van der Waals surface area contributed by atoms with E-state index in [9.17, 15) is 4.79 Å². The normalized spacial score (nSPS) is 15.3. The Morgan fingerprint density at radius 1 is 1.28 bits per heavy atom. The lowest BCUT2D eigenvalue weighted by Gasteiger charge is -2.23. The van der Waals surface area contributed by atoms with Gasteiger partial charge in [0.2, 0.25) is 0 Å². The minimum Gasteiger partial charge on any atom is -0.493 e. The van der Waals surface area contributed by atoms with Crippen molar-refractivity contribution in [3.8, 4) is 11.5 Å². The summed E-state index contributed by atoms with van der Waals surface area (Å²) in [5.41, 5.74) is 2.28. The Morgan fingerprint density at radius 2 is 1.97 bits per heavy atom. The first-order valence-electron chi connectivity index (χ1n) is 9.67. The number of carbonyl (C=O) groups excluding carboxylic acids is 1. The van der Waals surface area contributed by atoms with Gasteiger partial charge in [-0.25, -0.2) is 4.68 Å². The van der Waals surface area contributed by atoms with E-state index < -0.39 is 0 Å². The number of hydrogen-bond acceptors (Lipinski definition) is 6. The van der Waals surface area contributed by atoms with Crippen LogP contribution < -0.4 is 20.1 Å². The molecule has 1 aliphatic heterocycles. The van der Waals surface area contributed by atoms with Gasteiger partial charge in [-0.05, 0) is 63.9 Å². The van der Waals surface area contributed by atoms with Gasteiger partial charge in [0.1, 0.15) is 0 Å². The van der Waals surface area contributed by atoms with Crippen molar-refractivity contribution < 1.29 is 14.3 Å². The number of benzene rings is 1. The smallest absolute Gasteiger partial charge is 0.273 e. The summed E-state index contributed by atoms with van der Waals surface area (Å²) in [5, 5.41) is 14.8. The third-order valence-corrected chi connectivity index (χ3v) is 5.16. The van der Waals surface area contributed by atoms with Crippen LogP contribution in [-0.2, 0) is 6.42 Å². The zero-order chi connectivity index (χ0) is 20.1. The highest BCUT2D eigenvalue weighted by atomic mass is 35.5. The highest BCUT2D eigenvalue weighted by molar-refractivity contribution is 5.93. The minimum absolute atomic E-state index is 0. The molecule has 3 rings (SSSR count). The van der Waals surface area contributed by atoms with Crippen LogP contribution in [0.1, 0.15) is 47.6 Å². The van der Waals surface area contributed by atoms with Crippen LogP contribution in [0.2, 0.25) is 0 Å². The number of hydrogen-bond donors (Lipinski definition) is 2. The molecule has 9 heteroatoms. The maximum absolute atomic E-state index is 12.7. The molecule has 0 bridgehead atoms. The molecule has 2 N–H and O–H groups in total. The molecular formula is C20H30ClN5O3. The topological polar surface area (TPSA) is 90.3 Å². The van der Waals surface area contributed by atoms with E-state index in [-0.39, 0.29) is 24.4 Å². The van der Waals surface area contributed by atoms with Crippen molar-refractivity contribution in [2.24, 2.45) is 0 Å². The van der Waals surface area contributed by atoms with Gasteiger partial charge in [-0.15, -0.1) is 17.5 Å². The largest absolute Gasteiger partial charge is 0.493 e. The van der Waals surface area contributed by atoms with Crippen LogP contribution in [-0.4, -0.2) is 54.3 Å². The van der Waals surface area contributed by atoms with Crippen LogP contribution in [0.3, 0.4) is 0 Å². The molecule has 1 aliphatic rings. The molecular weight excluding hydrogens is 394 g/mol. The van der Waals surface area contributed by atoms with Gasteiger partial charge in [0, 0.05) is 6.04 Å². The van der Waals surface area contributed by atoms with Crippen LogP contribution in [0.25, 0.3) is 0 Å². The Labute approximate surface area is 177 Å². The average molecular weight is 424 g/mol. The Morgan fingerprint density at radius 3 is 2.62 bits per heavy atom. The lowest BCUT2D eigenvalue weighted by Crippen LogP contribution is -2.35. The SMILES string of the molecule is COc1ccc(CC(C)NC(=O)c2nnn(C3CCNCC3)c2C)cc1OC.Cl. The zero-order valence-corrected chi connectivity index (χ0v) is 18.2. The molecule has 160 valence electrons. The number of carbonyl (C=O) groups is 1. The van der Waals surface area contributed by atoms with E-state index in [2.05, 4.69) is 20.9 Å². The lowest BCUT2D eigenvalue weighted by molar-refractivity contribution is 0.0934. The summed E-state index contributed by atoms with van der Waals surface area (Å²) in [7, 11) is 3.22. The van der Waals surface area contributed by atoms with Crippen LogP contribution in [0, 0.1) is 6.92 Å². The molecule has 1 saturated heterocycles. The minimum atomic E-state index is -0.189. The van der Waals surface area contributed by atoms with Crippen molar-refractivity contribution in [1.29, 1.82) is 0 Å². The van der Waals surface area contributed by atoms with Crippen molar-refractivity contribution in [2.75, 3.05) is 27.3 Å². The van der Waals surface area contributed by atoms with Gasteiger partial charge in [0.05, 0.1) is 26.0 Å². The molecule has 2 aromatic rings. The molecule has 0 radical (unpaired) electrons. The van der Waals surface area contributed by atoms with Gasteiger partial charge < -0.3 is 20.1 Å². The van der Waals surface area contributed by atoms with Gasteiger partial charge in [-0.3, -0.25) is 4.79 Å². The molecule has 1 unspecified atom stereocenters. The van der Waals surface area contributed by atoms with E-state index in [1.54, 1.807) is 14.2 Å². The fourth-order valence-electron chi connectivity index (χ4n) is 3.65. The molecule has 1 aromatic carbocycles. The third kappa shape index (κ3) is 5.39. The number of amides is 1. The number of methoxy groups -OCH3 is 2. The highest BCUT2D eigenvalue weighted by Crippen LogP contribution is 2.28. The fraction of sp³-hybridized carbons (Fsp3) is 0.550. The van der Waals surface area contributed by atoms with E-state index in [1.807, 2.05) is 36.7 Å². The predicted molar refractivity (Wildman–Crippen MR) is 113 cm³/mol. The molecule has 1 amide bonds. The number of nitrogens with zero attached hydrogens (tertiary/aromatic N) is 3. The molecule has 8 nitrogen and oxygen atoms in total. The molecule has 2 heterocycles. The number of rotatable bonds is 7. The molecule has 0 spiro atoms. The second-order valence-electron chi connectivity index (χ2n) is 7.22. The monoisotopic (exact) mass is 423 g/mol. The lowest BCUT2D eigenvalue weighted by atomic mass is 10.1. The maximum atomic E-state index is 12.7. The molecule has 1 aromatic heterocycles. The Hall–Kier alpha value is -2.32. The van der Waals surface area contributed by atoms with Gasteiger partial charge in [-0.2, -0.15) is 0 Å². The average Bonchev–Trinajstić information content (AvgIpc) is 3.09. The van der Waals surface area contributed by atoms with Crippen molar-refractivity contribution in [3.63, 3.8) is 0 Å². The van der Waals surface area contributed by atoms with Crippen molar-refractivity contribution in [1.82, 2.24) is 25.6 Å². The van der Waals surface area contributed by atoms with Crippen molar-refractivity contribution >= 4 is 18.3 Å². The zero-order valence-electron chi connectivity index (χ0n) is 17.4. The summed E-state index contributed by atoms with van der Waals surface area (Å²) < 4.78 is 12.5. The summed E-state index contributed by atoms with van der Waals surface area (Å²) in [6.07, 6.45) is 2.68. The maximum Gasteiger partial charge on any atom is 0.273 e. The van der Waals surface area contributed by atoms with Crippen molar-refractivity contribution in [3.05, 3.63) is 35.2 Å². The number of aromatic nitrogens is 3. The molecule has 0 saturated carbocycles. The second-order valence-corrected chi connectivity index (χ2v) is 7.22. The van der Waals surface area contributed by atoms with Crippen LogP contribution in [0.5, 0.6) is 11.5 Å². The number of halogens is 1. The summed E-state index contributed by atoms with van der Waals surface area (Å²) in [5.74, 6) is 1.18. The molecule has 29 heavy (non-hydrogen) atoms. The third-order valence-electron chi connectivity index (χ3n) is 5.16. The summed E-state index contributed by atoms with van der Waals surface area (Å²) in [6, 6.07) is 6.02. The van der Waals surface area contributed by atoms with Crippen LogP contribution >= 0.6 is 12.4 Å². The van der Waals surface area contributed by atoms with E-state index in [0.717, 1.165) is 37.2 Å². The summed E-state index contributed by atoms with van der Waals surface area (Å²) in [6.45, 7) is 5.82. The first-order chi connectivity index (χ1) is 13.5. The highest BCUT2D eigenvalue weighted by Gasteiger charge is 2.23. The fourth-order valence-corrected chi connectivity index (χ4v) is 3.65. The Kier molecular flexibility index (Phi) is 8.28. The standard InChI is InChI=1S/C20H29N5O3.ClH/c1-13(11-15-5-6-17(27-3)18(12-15)28-4)22-20(26)19-14(2)25(24-23-19)16-7-9-21-10-8-16;/h5-6,12-13,16,21H,7-11H2,1-4H3,(H,22,26);1H. The first kappa shape index (κ1) is 23.0. The van der Waals surface area contributed by atoms with E-state index in [4.69, 9.17) is 9.47 Å². The summed E-state index contributed by atoms with van der Waals surface area (Å²) >= 11 is 0. The molecule has 0 aliphatic carbocycles. The number of piperidine rings is 1. The number of ether oxygens (including phenoxy) is 2. The van der Waals surface area contributed by atoms with Crippen LogP contribution in [0.15, 0.2) is 18.2 Å². The van der Waals surface area contributed by atoms with E-state index >= 15 is 0 Å². The van der Waals surface area contributed by atoms with Gasteiger partial charge >= 0.3 is 0 Å². The van der Waals surface area contributed by atoms with Crippen molar-refractivity contribution in [2.45, 2.75) is 45.2 Å². The number of nitrogens with one attached hydrogen (secondary N) is 2. The second kappa shape index (κ2) is 10.5. The first-order valence-corrected chi connectivity index (χ1v) is 9.67. The van der Waals surface area contributed by atoms with Crippen LogP contribution in [0.4, 0.5) is 0 Å². The summed E-state index contributed by atoms with van der Waals surface area (Å²) in [4.78, 5) is 12.7. The Bertz CT molecular complexity index is 820. The molecule has 1 fully saturated rings. The van der Waals surface area contributed by atoms with Gasteiger partial charge in [0.25, 0.3) is 5.91 Å². The van der Waals surface area contributed by atoms with E-state index in [1.165, 1.54) is 0 Å². The van der Waals surface area contributed by atoms with Gasteiger partial charge in [-0.1, -0.05) is 11.3 Å². The Balaban J connectivity index is 0.00000300. The van der Waals surface area contributed by atoms with Gasteiger partial charge in [0.15, 0.2) is 17.2 Å². The quantitative estimate of drug-likeness (QED) is 0.710. The predicted octanol–water partition coefficient (Wildman–Crippen LogP) is 2.31. The molecule has 1 atom stereocenters.